The third kappa shape index (κ3) is 5.63. The summed E-state index contributed by atoms with van der Waals surface area (Å²) in [6.07, 6.45) is 4.76. The number of hydrogen-bond acceptors (Lipinski definition) is 7. The summed E-state index contributed by atoms with van der Waals surface area (Å²) >= 11 is 0. The van der Waals surface area contributed by atoms with Crippen LogP contribution in [0.1, 0.15) is 64.7 Å². The number of carbonyl (C=O) groups excluding carboxylic acids is 2. The van der Waals surface area contributed by atoms with Gasteiger partial charge in [-0.1, -0.05) is 0 Å². The first kappa shape index (κ1) is 26.3. The van der Waals surface area contributed by atoms with Crippen molar-refractivity contribution in [1.29, 1.82) is 0 Å². The van der Waals surface area contributed by atoms with Gasteiger partial charge in [-0.3, -0.25) is 9.48 Å². The molecule has 2 aliphatic heterocycles. The van der Waals surface area contributed by atoms with Crippen molar-refractivity contribution in [2.24, 2.45) is 5.41 Å². The molecule has 0 atom stereocenters. The zero-order valence-corrected chi connectivity index (χ0v) is 21.7. The van der Waals surface area contributed by atoms with E-state index in [9.17, 15) is 18.0 Å². The predicted octanol–water partition coefficient (Wildman–Crippen LogP) is 2.07. The van der Waals surface area contributed by atoms with E-state index in [1.54, 1.807) is 4.68 Å². The van der Waals surface area contributed by atoms with Crippen LogP contribution < -0.4 is 10.0 Å². The van der Waals surface area contributed by atoms with E-state index in [4.69, 9.17) is 14.6 Å². The molecule has 3 heterocycles. The van der Waals surface area contributed by atoms with E-state index in [0.717, 1.165) is 36.9 Å². The summed E-state index contributed by atoms with van der Waals surface area (Å²) in [7, 11) is -2.22. The van der Waals surface area contributed by atoms with Crippen molar-refractivity contribution in [2.45, 2.75) is 56.9 Å². The first-order valence-electron chi connectivity index (χ1n) is 12.4. The second-order valence-electron chi connectivity index (χ2n) is 9.39. The SMILES string of the molecule is CCn1nc(CCCCOC(=O)c2ccc(S(=O)(=O)NC)cc2)c2c1C(=O)NCC1(CCOCC1)C2. The molecule has 36 heavy (non-hydrogen) atoms. The van der Waals surface area contributed by atoms with Crippen LogP contribution in [0.2, 0.25) is 0 Å². The highest BCUT2D eigenvalue weighted by Gasteiger charge is 2.39. The second kappa shape index (κ2) is 11.1. The number of carbonyl (C=O) groups is 2. The molecule has 11 heteroatoms. The lowest BCUT2D eigenvalue weighted by atomic mass is 9.75. The standard InChI is InChI=1S/C25H34N4O6S/c1-3-29-22-20(16-25(17-27-23(22)30)11-14-34-15-12-25)21(28-29)6-4-5-13-35-24(31)18-7-9-19(10-8-18)36(32,33)26-2/h7-10,26H,3-6,11-17H2,1-2H3,(H,27,30). The van der Waals surface area contributed by atoms with Gasteiger partial charge in [0.2, 0.25) is 10.0 Å². The summed E-state index contributed by atoms with van der Waals surface area (Å²) < 4.78 is 38.6. The summed E-state index contributed by atoms with van der Waals surface area (Å²) in [5.41, 5.74) is 2.97. The van der Waals surface area contributed by atoms with E-state index in [0.29, 0.717) is 50.4 Å². The zero-order chi connectivity index (χ0) is 25.8. The molecule has 1 amide bonds. The molecule has 4 rings (SSSR count). The van der Waals surface area contributed by atoms with E-state index in [1.165, 1.54) is 31.3 Å². The van der Waals surface area contributed by atoms with Gasteiger partial charge < -0.3 is 14.8 Å². The van der Waals surface area contributed by atoms with Gasteiger partial charge in [-0.2, -0.15) is 5.10 Å². The average molecular weight is 519 g/mol. The Morgan fingerprint density at radius 3 is 2.61 bits per heavy atom. The molecule has 0 saturated carbocycles. The smallest absolute Gasteiger partial charge is 0.338 e. The molecule has 1 aromatic heterocycles. The van der Waals surface area contributed by atoms with Crippen molar-refractivity contribution in [1.82, 2.24) is 19.8 Å². The highest BCUT2D eigenvalue weighted by Crippen LogP contribution is 2.37. The van der Waals surface area contributed by atoms with Gasteiger partial charge in [0.05, 0.1) is 22.8 Å². The Morgan fingerprint density at radius 1 is 1.22 bits per heavy atom. The highest BCUT2D eigenvalue weighted by atomic mass is 32.2. The van der Waals surface area contributed by atoms with E-state index >= 15 is 0 Å². The summed E-state index contributed by atoms with van der Waals surface area (Å²) in [6.45, 7) is 4.93. The highest BCUT2D eigenvalue weighted by molar-refractivity contribution is 7.89. The maximum absolute atomic E-state index is 12.9. The molecule has 1 aromatic carbocycles. The van der Waals surface area contributed by atoms with Crippen LogP contribution in [-0.4, -0.2) is 63.5 Å². The Bertz CT molecular complexity index is 1200. The van der Waals surface area contributed by atoms with E-state index in [1.807, 2.05) is 6.92 Å². The number of nitrogens with zero attached hydrogens (tertiary/aromatic N) is 2. The normalized spacial score (nSPS) is 17.3. The molecular formula is C25H34N4O6S. The van der Waals surface area contributed by atoms with Gasteiger partial charge in [0.15, 0.2) is 0 Å². The van der Waals surface area contributed by atoms with Crippen LogP contribution in [0.5, 0.6) is 0 Å². The summed E-state index contributed by atoms with van der Waals surface area (Å²) in [6, 6.07) is 5.63. The number of esters is 1. The maximum Gasteiger partial charge on any atom is 0.338 e. The Balaban J connectivity index is 1.35. The predicted molar refractivity (Wildman–Crippen MR) is 132 cm³/mol. The first-order valence-corrected chi connectivity index (χ1v) is 13.9. The minimum Gasteiger partial charge on any atom is -0.462 e. The topological polar surface area (TPSA) is 129 Å². The minimum atomic E-state index is -3.55. The van der Waals surface area contributed by atoms with Gasteiger partial charge in [0.1, 0.15) is 5.69 Å². The zero-order valence-electron chi connectivity index (χ0n) is 20.8. The number of fused-ring (bicyclic) bond motifs is 1. The van der Waals surface area contributed by atoms with E-state index in [-0.39, 0.29) is 22.8 Å². The van der Waals surface area contributed by atoms with Crippen molar-refractivity contribution in [3.63, 3.8) is 0 Å². The van der Waals surface area contributed by atoms with Crippen molar-refractivity contribution in [3.05, 3.63) is 46.8 Å². The Hall–Kier alpha value is -2.76. The van der Waals surface area contributed by atoms with Crippen LogP contribution in [0, 0.1) is 5.41 Å². The summed E-state index contributed by atoms with van der Waals surface area (Å²) in [4.78, 5) is 25.3. The third-order valence-corrected chi connectivity index (χ3v) is 8.52. The number of sulfonamides is 1. The third-order valence-electron chi connectivity index (χ3n) is 7.09. The quantitative estimate of drug-likeness (QED) is 0.384. The van der Waals surface area contributed by atoms with Gasteiger partial charge in [-0.05, 0) is 82.2 Å². The molecule has 10 nitrogen and oxygen atoms in total. The molecule has 0 radical (unpaired) electrons. The fourth-order valence-electron chi connectivity index (χ4n) is 4.90. The molecule has 1 spiro atoms. The largest absolute Gasteiger partial charge is 0.462 e. The number of ether oxygens (including phenoxy) is 2. The molecule has 2 aromatic rings. The molecule has 196 valence electrons. The van der Waals surface area contributed by atoms with E-state index < -0.39 is 16.0 Å². The molecule has 2 aliphatic rings. The number of amides is 1. The maximum atomic E-state index is 12.9. The van der Waals surface area contributed by atoms with Gasteiger partial charge in [0.25, 0.3) is 5.91 Å². The number of benzene rings is 1. The Kier molecular flexibility index (Phi) is 8.11. The van der Waals surface area contributed by atoms with Gasteiger partial charge in [-0.15, -0.1) is 0 Å². The molecule has 1 saturated heterocycles. The van der Waals surface area contributed by atoms with Crippen molar-refractivity contribution < 1.29 is 27.5 Å². The van der Waals surface area contributed by atoms with Crippen LogP contribution in [-0.2, 0) is 38.9 Å². The lowest BCUT2D eigenvalue weighted by molar-refractivity contribution is 0.0160. The van der Waals surface area contributed by atoms with Crippen molar-refractivity contribution >= 4 is 21.9 Å². The monoisotopic (exact) mass is 518 g/mol. The number of hydrogen-bond donors (Lipinski definition) is 2. The average Bonchev–Trinajstić information content (AvgIpc) is 3.17. The summed E-state index contributed by atoms with van der Waals surface area (Å²) in [5, 5.41) is 7.88. The van der Waals surface area contributed by atoms with Crippen molar-refractivity contribution in [2.75, 3.05) is 33.4 Å². The number of rotatable bonds is 9. The first-order chi connectivity index (χ1) is 17.3. The second-order valence-corrected chi connectivity index (χ2v) is 11.3. The van der Waals surface area contributed by atoms with Crippen molar-refractivity contribution in [3.8, 4) is 0 Å². The minimum absolute atomic E-state index is 0.00706. The molecule has 0 bridgehead atoms. The summed E-state index contributed by atoms with van der Waals surface area (Å²) in [5.74, 6) is -0.554. The number of unbranched alkanes of at least 4 members (excludes halogenated alkanes) is 1. The lowest BCUT2D eigenvalue weighted by Crippen LogP contribution is -2.40. The van der Waals surface area contributed by atoms with Gasteiger partial charge >= 0.3 is 5.97 Å². The van der Waals surface area contributed by atoms with Gasteiger partial charge in [0, 0.05) is 31.9 Å². The number of nitrogens with one attached hydrogen (secondary N) is 2. The number of aryl methyl sites for hydroxylation is 2. The van der Waals surface area contributed by atoms with Crippen LogP contribution in [0.15, 0.2) is 29.2 Å². The fraction of sp³-hybridized carbons (Fsp3) is 0.560. The molecule has 0 unspecified atom stereocenters. The molecule has 0 aliphatic carbocycles. The lowest BCUT2D eigenvalue weighted by Gasteiger charge is -2.36. The van der Waals surface area contributed by atoms with Crippen LogP contribution >= 0.6 is 0 Å². The van der Waals surface area contributed by atoms with E-state index in [2.05, 4.69) is 10.0 Å². The Morgan fingerprint density at radius 2 is 1.94 bits per heavy atom. The van der Waals surface area contributed by atoms with Gasteiger partial charge in [-0.25, -0.2) is 17.9 Å². The molecular weight excluding hydrogens is 484 g/mol. The van der Waals surface area contributed by atoms with Crippen LogP contribution in [0.3, 0.4) is 0 Å². The number of aromatic nitrogens is 2. The van der Waals surface area contributed by atoms with Crippen LogP contribution in [0.25, 0.3) is 0 Å². The van der Waals surface area contributed by atoms with Crippen LogP contribution in [0.4, 0.5) is 0 Å². The Labute approximate surface area is 211 Å². The fourth-order valence-corrected chi connectivity index (χ4v) is 5.63. The molecule has 2 N–H and O–H groups in total. The molecule has 1 fully saturated rings.